The number of fused-ring (bicyclic) bond motifs is 1. The molecule has 0 aliphatic carbocycles. The normalized spacial score (nSPS) is 19.2. The molecule has 2 heterocycles. The van der Waals surface area contributed by atoms with Crippen LogP contribution >= 0.6 is 0 Å². The van der Waals surface area contributed by atoms with E-state index < -0.39 is 6.10 Å². The third-order valence-electron chi connectivity index (χ3n) is 4.43. The van der Waals surface area contributed by atoms with Crippen LogP contribution in [0.1, 0.15) is 23.9 Å². The topological polar surface area (TPSA) is 65.4 Å². The standard InChI is InChI=1S/C18H23N3O3/c1-11-14(12(2)21(4)20-11)9-10-19-18(22)17-13(3)23-15-7-5-6-8-16(15)24-17/h5-8,13,17H,9-10H2,1-4H3,(H,19,22). The fraction of sp³-hybridized carbons (Fsp3) is 0.444. The maximum Gasteiger partial charge on any atom is 0.265 e. The van der Waals surface area contributed by atoms with Crippen molar-refractivity contribution in [3.05, 3.63) is 41.2 Å². The summed E-state index contributed by atoms with van der Waals surface area (Å²) in [6.07, 6.45) is -0.228. The zero-order valence-corrected chi connectivity index (χ0v) is 14.5. The number of carbonyl (C=O) groups excluding carboxylic acids is 1. The molecular weight excluding hydrogens is 306 g/mol. The van der Waals surface area contributed by atoms with E-state index in [1.54, 1.807) is 0 Å². The number of rotatable bonds is 4. The SMILES string of the molecule is Cc1nn(C)c(C)c1CCNC(=O)C1Oc2ccccc2OC1C. The van der Waals surface area contributed by atoms with Crippen molar-refractivity contribution < 1.29 is 14.3 Å². The first-order chi connectivity index (χ1) is 11.5. The molecule has 0 bridgehead atoms. The number of benzene rings is 1. The van der Waals surface area contributed by atoms with Crippen molar-refractivity contribution in [1.29, 1.82) is 0 Å². The van der Waals surface area contributed by atoms with Gasteiger partial charge in [-0.15, -0.1) is 0 Å². The lowest BCUT2D eigenvalue weighted by molar-refractivity contribution is -0.133. The Kier molecular flexibility index (Phi) is 4.46. The quantitative estimate of drug-likeness (QED) is 0.931. The van der Waals surface area contributed by atoms with Crippen LogP contribution in [0.15, 0.2) is 24.3 Å². The first kappa shape index (κ1) is 16.4. The highest BCUT2D eigenvalue weighted by Gasteiger charge is 2.33. The van der Waals surface area contributed by atoms with Crippen LogP contribution in [-0.2, 0) is 18.3 Å². The number of aromatic nitrogens is 2. The van der Waals surface area contributed by atoms with E-state index in [1.807, 2.05) is 56.8 Å². The summed E-state index contributed by atoms with van der Waals surface area (Å²) in [6, 6.07) is 7.40. The van der Waals surface area contributed by atoms with Gasteiger partial charge < -0.3 is 14.8 Å². The summed E-state index contributed by atoms with van der Waals surface area (Å²) in [5.74, 6) is 1.13. The Balaban J connectivity index is 1.59. The number of hydrogen-bond donors (Lipinski definition) is 1. The minimum absolute atomic E-state index is 0.156. The molecule has 0 radical (unpaired) electrons. The number of nitrogens with zero attached hydrogens (tertiary/aromatic N) is 2. The van der Waals surface area contributed by atoms with Crippen molar-refractivity contribution >= 4 is 5.91 Å². The van der Waals surface area contributed by atoms with Crippen molar-refractivity contribution in [3.8, 4) is 11.5 Å². The lowest BCUT2D eigenvalue weighted by Gasteiger charge is -2.31. The Labute approximate surface area is 141 Å². The lowest BCUT2D eigenvalue weighted by atomic mass is 10.1. The van der Waals surface area contributed by atoms with E-state index in [9.17, 15) is 4.79 Å². The lowest BCUT2D eigenvalue weighted by Crippen LogP contribution is -2.49. The summed E-state index contributed by atoms with van der Waals surface area (Å²) in [5, 5.41) is 7.34. The number of ether oxygens (including phenoxy) is 2. The molecule has 1 aromatic heterocycles. The molecule has 0 saturated carbocycles. The van der Waals surface area contributed by atoms with Gasteiger partial charge in [0.1, 0.15) is 6.10 Å². The Morgan fingerprint density at radius 2 is 1.92 bits per heavy atom. The zero-order valence-electron chi connectivity index (χ0n) is 14.5. The maximum atomic E-state index is 12.4. The van der Waals surface area contributed by atoms with Crippen LogP contribution in [0.2, 0.25) is 0 Å². The maximum absolute atomic E-state index is 12.4. The monoisotopic (exact) mass is 329 g/mol. The predicted octanol–water partition coefficient (Wildman–Crippen LogP) is 1.92. The van der Waals surface area contributed by atoms with E-state index in [0.717, 1.165) is 17.8 Å². The molecule has 6 nitrogen and oxygen atoms in total. The summed E-state index contributed by atoms with van der Waals surface area (Å²) in [7, 11) is 1.93. The van der Waals surface area contributed by atoms with Crippen molar-refractivity contribution in [2.24, 2.45) is 7.05 Å². The van der Waals surface area contributed by atoms with Gasteiger partial charge in [-0.1, -0.05) is 12.1 Å². The van der Waals surface area contributed by atoms with E-state index in [1.165, 1.54) is 5.56 Å². The highest BCUT2D eigenvalue weighted by molar-refractivity contribution is 5.82. The predicted molar refractivity (Wildman–Crippen MR) is 90.3 cm³/mol. The van der Waals surface area contributed by atoms with E-state index >= 15 is 0 Å². The van der Waals surface area contributed by atoms with Gasteiger partial charge in [-0.3, -0.25) is 9.48 Å². The average Bonchev–Trinajstić information content (AvgIpc) is 2.80. The van der Waals surface area contributed by atoms with Crippen molar-refractivity contribution in [2.75, 3.05) is 6.54 Å². The summed E-state index contributed by atoms with van der Waals surface area (Å²) in [5.41, 5.74) is 3.31. The molecule has 2 unspecified atom stereocenters. The van der Waals surface area contributed by atoms with Crippen molar-refractivity contribution in [2.45, 2.75) is 39.4 Å². The molecule has 24 heavy (non-hydrogen) atoms. The van der Waals surface area contributed by atoms with Gasteiger partial charge in [0.2, 0.25) is 6.10 Å². The van der Waals surface area contributed by atoms with Gasteiger partial charge in [0, 0.05) is 19.3 Å². The molecule has 1 aliphatic rings. The van der Waals surface area contributed by atoms with Crippen LogP contribution in [0.4, 0.5) is 0 Å². The molecule has 1 N–H and O–H groups in total. The van der Waals surface area contributed by atoms with Gasteiger partial charge >= 0.3 is 0 Å². The van der Waals surface area contributed by atoms with Gasteiger partial charge in [-0.05, 0) is 44.9 Å². The van der Waals surface area contributed by atoms with E-state index in [-0.39, 0.29) is 12.0 Å². The van der Waals surface area contributed by atoms with Crippen LogP contribution < -0.4 is 14.8 Å². The smallest absolute Gasteiger partial charge is 0.265 e. The molecular formula is C18H23N3O3. The molecule has 2 aromatic rings. The molecule has 0 fully saturated rings. The fourth-order valence-electron chi connectivity index (χ4n) is 3.00. The number of hydrogen-bond acceptors (Lipinski definition) is 4. The Bertz CT molecular complexity index is 754. The Morgan fingerprint density at radius 3 is 2.54 bits per heavy atom. The first-order valence-corrected chi connectivity index (χ1v) is 8.16. The molecule has 0 saturated heterocycles. The average molecular weight is 329 g/mol. The number of amides is 1. The number of nitrogens with one attached hydrogen (secondary N) is 1. The molecule has 1 amide bonds. The molecule has 6 heteroatoms. The molecule has 2 atom stereocenters. The van der Waals surface area contributed by atoms with Crippen molar-refractivity contribution in [1.82, 2.24) is 15.1 Å². The minimum atomic E-state index is -0.643. The molecule has 1 aromatic carbocycles. The van der Waals surface area contributed by atoms with Crippen LogP contribution in [0.25, 0.3) is 0 Å². The van der Waals surface area contributed by atoms with Gasteiger partial charge in [0.25, 0.3) is 5.91 Å². The van der Waals surface area contributed by atoms with E-state index in [4.69, 9.17) is 9.47 Å². The van der Waals surface area contributed by atoms with Gasteiger partial charge in [0.15, 0.2) is 11.5 Å². The Morgan fingerprint density at radius 1 is 1.25 bits per heavy atom. The molecule has 128 valence electrons. The molecule has 0 spiro atoms. The second kappa shape index (κ2) is 6.55. The summed E-state index contributed by atoms with van der Waals surface area (Å²) in [6.45, 7) is 6.41. The van der Waals surface area contributed by atoms with Crippen LogP contribution in [-0.4, -0.2) is 34.4 Å². The Hall–Kier alpha value is -2.50. The van der Waals surface area contributed by atoms with E-state index in [0.29, 0.717) is 18.0 Å². The largest absolute Gasteiger partial charge is 0.482 e. The second-order valence-electron chi connectivity index (χ2n) is 6.12. The first-order valence-electron chi connectivity index (χ1n) is 8.16. The fourth-order valence-corrected chi connectivity index (χ4v) is 3.00. The van der Waals surface area contributed by atoms with Crippen LogP contribution in [0.5, 0.6) is 11.5 Å². The zero-order chi connectivity index (χ0) is 17.3. The number of carbonyl (C=O) groups is 1. The number of aryl methyl sites for hydroxylation is 2. The second-order valence-corrected chi connectivity index (χ2v) is 6.12. The van der Waals surface area contributed by atoms with Crippen LogP contribution in [0.3, 0.4) is 0 Å². The number of para-hydroxylation sites is 2. The van der Waals surface area contributed by atoms with Crippen molar-refractivity contribution in [3.63, 3.8) is 0 Å². The highest BCUT2D eigenvalue weighted by Crippen LogP contribution is 2.33. The molecule has 1 aliphatic heterocycles. The summed E-state index contributed by atoms with van der Waals surface area (Å²) < 4.78 is 13.4. The third-order valence-corrected chi connectivity index (χ3v) is 4.43. The summed E-state index contributed by atoms with van der Waals surface area (Å²) in [4.78, 5) is 12.4. The summed E-state index contributed by atoms with van der Waals surface area (Å²) >= 11 is 0. The molecule has 3 rings (SSSR count). The van der Waals surface area contributed by atoms with E-state index in [2.05, 4.69) is 10.4 Å². The minimum Gasteiger partial charge on any atom is -0.482 e. The van der Waals surface area contributed by atoms with Gasteiger partial charge in [-0.25, -0.2) is 0 Å². The van der Waals surface area contributed by atoms with Gasteiger partial charge in [0.05, 0.1) is 5.69 Å². The highest BCUT2D eigenvalue weighted by atomic mass is 16.6. The third kappa shape index (κ3) is 3.09. The van der Waals surface area contributed by atoms with Crippen LogP contribution in [0, 0.1) is 13.8 Å². The van der Waals surface area contributed by atoms with Gasteiger partial charge in [-0.2, -0.15) is 5.10 Å².